The number of hydrogen-bond donors (Lipinski definition) is 1. The Morgan fingerprint density at radius 1 is 1.13 bits per heavy atom. The first-order valence-corrected chi connectivity index (χ1v) is 11.0. The van der Waals surface area contributed by atoms with Gasteiger partial charge in [0.1, 0.15) is 0 Å². The first-order valence-electron chi connectivity index (χ1n) is 9.79. The highest BCUT2D eigenvalue weighted by Gasteiger charge is 2.33. The van der Waals surface area contributed by atoms with Gasteiger partial charge in [-0.05, 0) is 42.3 Å². The van der Waals surface area contributed by atoms with Gasteiger partial charge in [0.25, 0.3) is 11.8 Å². The summed E-state index contributed by atoms with van der Waals surface area (Å²) in [6.45, 7) is 1.39. The highest BCUT2D eigenvalue weighted by molar-refractivity contribution is 8.27. The van der Waals surface area contributed by atoms with Crippen LogP contribution in [0.25, 0.3) is 6.08 Å². The number of amides is 2. The monoisotopic (exact) mass is 448 g/mol. The molecule has 6 nitrogen and oxygen atoms in total. The third-order valence-corrected chi connectivity index (χ3v) is 6.02. The van der Waals surface area contributed by atoms with Gasteiger partial charge in [0.05, 0.1) is 16.9 Å². The molecule has 3 aromatic rings. The first-order chi connectivity index (χ1) is 15.1. The molecule has 2 aromatic carbocycles. The molecule has 4 rings (SSSR count). The lowest BCUT2D eigenvalue weighted by atomic mass is 10.1. The number of thiocarbonyl (C=S) groups is 1. The van der Waals surface area contributed by atoms with Crippen molar-refractivity contribution in [2.45, 2.75) is 13.0 Å². The molecule has 0 aliphatic carbocycles. The van der Waals surface area contributed by atoms with E-state index in [9.17, 15) is 9.59 Å². The van der Waals surface area contributed by atoms with Crippen molar-refractivity contribution in [1.29, 1.82) is 0 Å². The predicted octanol–water partition coefficient (Wildman–Crippen LogP) is 4.11. The van der Waals surface area contributed by atoms with Crippen LogP contribution in [0.3, 0.4) is 0 Å². The average Bonchev–Trinajstić information content (AvgIpc) is 3.40. The number of nitrogens with zero attached hydrogens (tertiary/aromatic N) is 3. The second-order valence-corrected chi connectivity index (χ2v) is 8.56. The first kappa shape index (κ1) is 21.0. The zero-order valence-corrected chi connectivity index (χ0v) is 18.2. The van der Waals surface area contributed by atoms with Crippen LogP contribution in [0.5, 0.6) is 0 Å². The third kappa shape index (κ3) is 5.10. The molecule has 1 aliphatic rings. The number of thioether (sulfide) groups is 1. The van der Waals surface area contributed by atoms with Crippen molar-refractivity contribution in [3.63, 3.8) is 0 Å². The lowest BCUT2D eigenvalue weighted by molar-refractivity contribution is -0.113. The van der Waals surface area contributed by atoms with E-state index in [4.69, 9.17) is 12.2 Å². The van der Waals surface area contributed by atoms with Crippen LogP contribution in [0.2, 0.25) is 0 Å². The Balaban J connectivity index is 1.35. The van der Waals surface area contributed by atoms with Gasteiger partial charge in [-0.25, -0.2) is 4.98 Å². The van der Waals surface area contributed by atoms with E-state index < -0.39 is 0 Å². The van der Waals surface area contributed by atoms with Crippen LogP contribution in [-0.2, 0) is 11.3 Å². The maximum Gasteiger partial charge on any atom is 0.270 e. The van der Waals surface area contributed by atoms with Gasteiger partial charge in [0.2, 0.25) is 0 Å². The average molecular weight is 449 g/mol. The van der Waals surface area contributed by atoms with Crippen LogP contribution < -0.4 is 10.2 Å². The van der Waals surface area contributed by atoms with Crippen LogP contribution in [0.15, 0.2) is 78.2 Å². The van der Waals surface area contributed by atoms with Crippen LogP contribution in [-0.4, -0.2) is 32.2 Å². The third-order valence-electron chi connectivity index (χ3n) is 4.72. The zero-order valence-electron chi connectivity index (χ0n) is 16.6. The lowest BCUT2D eigenvalue weighted by Crippen LogP contribution is -2.27. The number of imidazole rings is 1. The van der Waals surface area contributed by atoms with E-state index in [0.717, 1.165) is 24.2 Å². The molecule has 31 heavy (non-hydrogen) atoms. The standard InChI is InChI=1S/C23H20N4O2S2/c28-21(25-11-4-13-26-14-12-24-16-26)18-9-7-17(8-10-18)15-20-22(29)27(23(30)31-20)19-5-2-1-3-6-19/h1-3,5-10,12,14-16H,4,11,13H2,(H,25,28). The molecule has 156 valence electrons. The summed E-state index contributed by atoms with van der Waals surface area (Å²) in [6, 6.07) is 16.5. The summed E-state index contributed by atoms with van der Waals surface area (Å²) < 4.78 is 2.48. The molecular weight excluding hydrogens is 428 g/mol. The van der Waals surface area contributed by atoms with Gasteiger partial charge in [0.15, 0.2) is 4.32 Å². The number of nitrogens with one attached hydrogen (secondary N) is 1. The second-order valence-electron chi connectivity index (χ2n) is 6.88. The zero-order chi connectivity index (χ0) is 21.6. The van der Waals surface area contributed by atoms with E-state index in [1.165, 1.54) is 16.7 Å². The fraction of sp³-hybridized carbons (Fsp3) is 0.130. The predicted molar refractivity (Wildman–Crippen MR) is 128 cm³/mol. The molecule has 8 heteroatoms. The molecule has 0 saturated carbocycles. The Bertz CT molecular complexity index is 1110. The molecule has 0 spiro atoms. The van der Waals surface area contributed by atoms with E-state index in [0.29, 0.717) is 21.3 Å². The van der Waals surface area contributed by atoms with Gasteiger partial charge in [-0.1, -0.05) is 54.3 Å². The Hall–Kier alpha value is -3.23. The summed E-state index contributed by atoms with van der Waals surface area (Å²) in [4.78, 5) is 31.2. The normalized spacial score (nSPS) is 15.0. The van der Waals surface area contributed by atoms with Gasteiger partial charge >= 0.3 is 0 Å². The Morgan fingerprint density at radius 2 is 1.90 bits per heavy atom. The summed E-state index contributed by atoms with van der Waals surface area (Å²) in [5.41, 5.74) is 2.18. The smallest absolute Gasteiger partial charge is 0.270 e. The molecule has 1 N–H and O–H groups in total. The molecular formula is C23H20N4O2S2. The van der Waals surface area contributed by atoms with Crippen molar-refractivity contribution in [3.05, 3.63) is 89.4 Å². The largest absolute Gasteiger partial charge is 0.352 e. The summed E-state index contributed by atoms with van der Waals surface area (Å²) in [7, 11) is 0. The number of para-hydroxylation sites is 1. The SMILES string of the molecule is O=C(NCCCn1ccnc1)c1ccc(C=C2SC(=S)N(c3ccccc3)C2=O)cc1. The van der Waals surface area contributed by atoms with Crippen molar-refractivity contribution in [3.8, 4) is 0 Å². The van der Waals surface area contributed by atoms with Crippen LogP contribution in [0.1, 0.15) is 22.3 Å². The number of carbonyl (C=O) groups excluding carboxylic acids is 2. The maximum absolute atomic E-state index is 12.8. The molecule has 0 bridgehead atoms. The maximum atomic E-state index is 12.8. The molecule has 0 radical (unpaired) electrons. The van der Waals surface area contributed by atoms with E-state index in [1.807, 2.05) is 53.2 Å². The minimum absolute atomic E-state index is 0.118. The number of benzene rings is 2. The minimum Gasteiger partial charge on any atom is -0.352 e. The van der Waals surface area contributed by atoms with Crippen LogP contribution >= 0.6 is 24.0 Å². The van der Waals surface area contributed by atoms with Crippen molar-refractivity contribution >= 4 is 51.9 Å². The number of anilines is 1. The summed E-state index contributed by atoms with van der Waals surface area (Å²) in [5.74, 6) is -0.256. The van der Waals surface area contributed by atoms with E-state index in [2.05, 4.69) is 10.3 Å². The highest BCUT2D eigenvalue weighted by atomic mass is 32.2. The van der Waals surface area contributed by atoms with Gasteiger partial charge < -0.3 is 9.88 Å². The molecule has 2 amide bonds. The van der Waals surface area contributed by atoms with Crippen molar-refractivity contribution < 1.29 is 9.59 Å². The number of carbonyl (C=O) groups is 2. The molecule has 1 saturated heterocycles. The number of aromatic nitrogens is 2. The van der Waals surface area contributed by atoms with E-state index in [1.54, 1.807) is 30.7 Å². The molecule has 1 aromatic heterocycles. The quantitative estimate of drug-likeness (QED) is 0.335. The van der Waals surface area contributed by atoms with E-state index in [-0.39, 0.29) is 11.8 Å². The highest BCUT2D eigenvalue weighted by Crippen LogP contribution is 2.35. The lowest BCUT2D eigenvalue weighted by Gasteiger charge is -2.13. The molecule has 2 heterocycles. The Morgan fingerprint density at radius 3 is 2.61 bits per heavy atom. The molecule has 0 atom stereocenters. The van der Waals surface area contributed by atoms with Crippen molar-refractivity contribution in [2.75, 3.05) is 11.4 Å². The summed E-state index contributed by atoms with van der Waals surface area (Å²) in [6.07, 6.45) is 8.01. The Labute approximate surface area is 190 Å². The van der Waals surface area contributed by atoms with Crippen molar-refractivity contribution in [2.24, 2.45) is 0 Å². The topological polar surface area (TPSA) is 67.2 Å². The fourth-order valence-electron chi connectivity index (χ4n) is 3.13. The minimum atomic E-state index is -0.138. The number of hydrogen-bond acceptors (Lipinski definition) is 5. The van der Waals surface area contributed by atoms with E-state index >= 15 is 0 Å². The van der Waals surface area contributed by atoms with Gasteiger partial charge in [-0.3, -0.25) is 14.5 Å². The molecule has 1 aliphatic heterocycles. The number of rotatable bonds is 7. The summed E-state index contributed by atoms with van der Waals surface area (Å²) >= 11 is 6.67. The van der Waals surface area contributed by atoms with Gasteiger partial charge in [-0.2, -0.15) is 0 Å². The Kier molecular flexibility index (Phi) is 6.59. The second kappa shape index (κ2) is 9.72. The molecule has 0 unspecified atom stereocenters. The number of aryl methyl sites for hydroxylation is 1. The molecule has 1 fully saturated rings. The van der Waals surface area contributed by atoms with Crippen LogP contribution in [0, 0.1) is 0 Å². The van der Waals surface area contributed by atoms with Gasteiger partial charge in [-0.15, -0.1) is 0 Å². The van der Waals surface area contributed by atoms with Crippen LogP contribution in [0.4, 0.5) is 5.69 Å². The fourth-order valence-corrected chi connectivity index (χ4v) is 4.43. The van der Waals surface area contributed by atoms with Gasteiger partial charge in [0, 0.05) is 31.0 Å². The summed E-state index contributed by atoms with van der Waals surface area (Å²) in [5, 5.41) is 2.92. The van der Waals surface area contributed by atoms with Crippen molar-refractivity contribution in [1.82, 2.24) is 14.9 Å².